The number of ether oxygens (including phenoxy) is 1. The molecule has 7 nitrogen and oxygen atoms in total. The highest BCUT2D eigenvalue weighted by Gasteiger charge is 2.24. The van der Waals surface area contributed by atoms with Crippen molar-refractivity contribution in [2.45, 2.75) is 26.4 Å². The van der Waals surface area contributed by atoms with Gasteiger partial charge in [0, 0.05) is 25.9 Å². The summed E-state index contributed by atoms with van der Waals surface area (Å²) in [6.07, 6.45) is 1.61. The summed E-state index contributed by atoms with van der Waals surface area (Å²) in [6.45, 7) is 3.81. The van der Waals surface area contributed by atoms with Crippen LogP contribution in [0.15, 0.2) is 18.3 Å². The number of rotatable bonds is 6. The van der Waals surface area contributed by atoms with Gasteiger partial charge in [0.25, 0.3) is 0 Å². The normalized spacial score (nSPS) is 11.9. The van der Waals surface area contributed by atoms with Gasteiger partial charge in [0.2, 0.25) is 5.88 Å². The fraction of sp³-hybridized carbons (Fsp3) is 0.500. The minimum absolute atomic E-state index is 0.192. The first-order valence-corrected chi connectivity index (χ1v) is 6.58. The average molecular weight is 295 g/mol. The number of hydrogen-bond acceptors (Lipinski definition) is 4. The SMILES string of the molecule is COc1ccc(CN(C)C(=O)NC(C(=O)O)C(C)C)cn1. The highest BCUT2D eigenvalue weighted by atomic mass is 16.5. The van der Waals surface area contributed by atoms with Crippen molar-refractivity contribution in [3.05, 3.63) is 23.9 Å². The monoisotopic (exact) mass is 295 g/mol. The Morgan fingerprint density at radius 3 is 2.52 bits per heavy atom. The van der Waals surface area contributed by atoms with Gasteiger partial charge in [-0.1, -0.05) is 19.9 Å². The number of carboxylic acid groups (broad SMARTS) is 1. The van der Waals surface area contributed by atoms with Crippen LogP contribution in [0.3, 0.4) is 0 Å². The van der Waals surface area contributed by atoms with Gasteiger partial charge in [-0.25, -0.2) is 14.6 Å². The van der Waals surface area contributed by atoms with Crippen LogP contribution in [0.2, 0.25) is 0 Å². The van der Waals surface area contributed by atoms with Gasteiger partial charge in [0.1, 0.15) is 6.04 Å². The predicted octanol–water partition coefficient (Wildman–Crippen LogP) is 1.34. The number of hydrogen-bond donors (Lipinski definition) is 2. The summed E-state index contributed by atoms with van der Waals surface area (Å²) in [4.78, 5) is 28.5. The lowest BCUT2D eigenvalue weighted by molar-refractivity contribution is -0.140. The second-order valence-electron chi connectivity index (χ2n) is 5.07. The van der Waals surface area contributed by atoms with Crippen molar-refractivity contribution in [1.82, 2.24) is 15.2 Å². The molecule has 0 aromatic carbocycles. The lowest BCUT2D eigenvalue weighted by Gasteiger charge is -2.23. The van der Waals surface area contributed by atoms with E-state index in [9.17, 15) is 9.59 Å². The quantitative estimate of drug-likeness (QED) is 0.826. The fourth-order valence-corrected chi connectivity index (χ4v) is 1.73. The molecule has 21 heavy (non-hydrogen) atoms. The summed E-state index contributed by atoms with van der Waals surface area (Å²) < 4.78 is 4.96. The molecule has 0 radical (unpaired) electrons. The third-order valence-electron chi connectivity index (χ3n) is 2.98. The van der Waals surface area contributed by atoms with Gasteiger partial charge in [-0.3, -0.25) is 0 Å². The zero-order valence-corrected chi connectivity index (χ0v) is 12.7. The molecule has 0 fully saturated rings. The van der Waals surface area contributed by atoms with E-state index in [2.05, 4.69) is 10.3 Å². The summed E-state index contributed by atoms with van der Waals surface area (Å²) in [5, 5.41) is 11.6. The average Bonchev–Trinajstić information content (AvgIpc) is 2.44. The van der Waals surface area contributed by atoms with Gasteiger partial charge in [-0.15, -0.1) is 0 Å². The molecule has 1 aromatic heterocycles. The molecule has 1 unspecified atom stereocenters. The van der Waals surface area contributed by atoms with Crippen molar-refractivity contribution in [3.63, 3.8) is 0 Å². The van der Waals surface area contributed by atoms with E-state index in [1.54, 1.807) is 39.2 Å². The maximum Gasteiger partial charge on any atom is 0.326 e. The topological polar surface area (TPSA) is 91.8 Å². The van der Waals surface area contributed by atoms with Crippen molar-refractivity contribution in [2.24, 2.45) is 5.92 Å². The first-order chi connectivity index (χ1) is 9.85. The lowest BCUT2D eigenvalue weighted by Crippen LogP contribution is -2.48. The summed E-state index contributed by atoms with van der Waals surface area (Å²) >= 11 is 0. The molecule has 2 N–H and O–H groups in total. The number of nitrogens with one attached hydrogen (secondary N) is 1. The predicted molar refractivity (Wildman–Crippen MR) is 77.0 cm³/mol. The Kier molecular flexibility index (Phi) is 5.95. The third kappa shape index (κ3) is 4.94. The molecule has 1 rings (SSSR count). The number of carboxylic acids is 1. The van der Waals surface area contributed by atoms with E-state index in [0.29, 0.717) is 12.4 Å². The Bertz CT molecular complexity index is 487. The minimum Gasteiger partial charge on any atom is -0.481 e. The Hall–Kier alpha value is -2.31. The van der Waals surface area contributed by atoms with Crippen LogP contribution in [0.4, 0.5) is 4.79 Å². The summed E-state index contributed by atoms with van der Waals surface area (Å²) in [5.74, 6) is -0.739. The van der Waals surface area contributed by atoms with Crippen molar-refractivity contribution in [1.29, 1.82) is 0 Å². The van der Waals surface area contributed by atoms with Crippen LogP contribution in [0.5, 0.6) is 5.88 Å². The van der Waals surface area contributed by atoms with E-state index in [1.165, 1.54) is 12.0 Å². The minimum atomic E-state index is -1.04. The molecule has 0 bridgehead atoms. The number of aliphatic carboxylic acids is 1. The molecule has 1 aromatic rings. The van der Waals surface area contributed by atoms with Crippen LogP contribution >= 0.6 is 0 Å². The number of amides is 2. The molecule has 116 valence electrons. The van der Waals surface area contributed by atoms with Gasteiger partial charge in [-0.05, 0) is 11.5 Å². The molecule has 7 heteroatoms. The second-order valence-corrected chi connectivity index (χ2v) is 5.07. The van der Waals surface area contributed by atoms with Gasteiger partial charge >= 0.3 is 12.0 Å². The van der Waals surface area contributed by atoms with Gasteiger partial charge in [0.15, 0.2) is 0 Å². The lowest BCUT2D eigenvalue weighted by atomic mass is 10.1. The van der Waals surface area contributed by atoms with Crippen molar-refractivity contribution >= 4 is 12.0 Å². The van der Waals surface area contributed by atoms with E-state index in [-0.39, 0.29) is 5.92 Å². The largest absolute Gasteiger partial charge is 0.481 e. The maximum absolute atomic E-state index is 12.0. The van der Waals surface area contributed by atoms with Crippen molar-refractivity contribution in [3.8, 4) is 5.88 Å². The van der Waals surface area contributed by atoms with Gasteiger partial charge < -0.3 is 20.1 Å². The summed E-state index contributed by atoms with van der Waals surface area (Å²) in [7, 11) is 3.12. The summed E-state index contributed by atoms with van der Waals surface area (Å²) in [5.41, 5.74) is 0.824. The first kappa shape index (κ1) is 16.7. The molecule has 0 aliphatic heterocycles. The van der Waals surface area contributed by atoms with Crippen LogP contribution in [0, 0.1) is 5.92 Å². The van der Waals surface area contributed by atoms with Gasteiger partial charge in [0.05, 0.1) is 7.11 Å². The van der Waals surface area contributed by atoms with E-state index in [0.717, 1.165) is 5.56 Å². The molecule has 0 spiro atoms. The van der Waals surface area contributed by atoms with E-state index < -0.39 is 18.0 Å². The Morgan fingerprint density at radius 1 is 1.43 bits per heavy atom. The van der Waals surface area contributed by atoms with Crippen molar-refractivity contribution in [2.75, 3.05) is 14.2 Å². The number of aromatic nitrogens is 1. The molecule has 0 saturated carbocycles. The molecule has 0 aliphatic carbocycles. The Labute approximate surface area is 123 Å². The van der Waals surface area contributed by atoms with Crippen molar-refractivity contribution < 1.29 is 19.4 Å². The molecular weight excluding hydrogens is 274 g/mol. The molecule has 1 atom stereocenters. The Balaban J connectivity index is 2.63. The van der Waals surface area contributed by atoms with E-state index in [4.69, 9.17) is 9.84 Å². The smallest absolute Gasteiger partial charge is 0.326 e. The van der Waals surface area contributed by atoms with Crippen LogP contribution in [-0.2, 0) is 11.3 Å². The van der Waals surface area contributed by atoms with Crippen LogP contribution < -0.4 is 10.1 Å². The standard InChI is InChI=1S/C14H21N3O4/c1-9(2)12(13(18)19)16-14(20)17(3)8-10-5-6-11(21-4)15-7-10/h5-7,9,12H,8H2,1-4H3,(H,16,20)(H,18,19). The molecule has 0 saturated heterocycles. The third-order valence-corrected chi connectivity index (χ3v) is 2.98. The van der Waals surface area contributed by atoms with Crippen LogP contribution in [-0.4, -0.2) is 47.2 Å². The maximum atomic E-state index is 12.0. The zero-order chi connectivity index (χ0) is 16.0. The molecular formula is C14H21N3O4. The number of urea groups is 1. The fourth-order valence-electron chi connectivity index (χ4n) is 1.73. The van der Waals surface area contributed by atoms with E-state index >= 15 is 0 Å². The van der Waals surface area contributed by atoms with Crippen LogP contribution in [0.25, 0.3) is 0 Å². The van der Waals surface area contributed by atoms with E-state index in [1.807, 2.05) is 0 Å². The zero-order valence-electron chi connectivity index (χ0n) is 12.7. The highest BCUT2D eigenvalue weighted by Crippen LogP contribution is 2.09. The number of carbonyl (C=O) groups excluding carboxylic acids is 1. The molecule has 0 aliphatic rings. The molecule has 2 amide bonds. The highest BCUT2D eigenvalue weighted by molar-refractivity contribution is 5.82. The summed E-state index contributed by atoms with van der Waals surface area (Å²) in [6, 6.07) is 2.16. The number of pyridine rings is 1. The van der Waals surface area contributed by atoms with Gasteiger partial charge in [-0.2, -0.15) is 0 Å². The second kappa shape index (κ2) is 7.47. The number of carbonyl (C=O) groups is 2. The molecule has 1 heterocycles. The number of nitrogens with zero attached hydrogens (tertiary/aromatic N) is 2. The Morgan fingerprint density at radius 2 is 2.10 bits per heavy atom. The first-order valence-electron chi connectivity index (χ1n) is 6.58. The number of methoxy groups -OCH3 is 1. The van der Waals surface area contributed by atoms with Crippen LogP contribution in [0.1, 0.15) is 19.4 Å².